The third-order valence-corrected chi connectivity index (χ3v) is 4.39. The van der Waals surface area contributed by atoms with Gasteiger partial charge in [-0.15, -0.1) is 0 Å². The molecule has 0 aliphatic carbocycles. The van der Waals surface area contributed by atoms with Crippen LogP contribution in [0.2, 0.25) is 0 Å². The molecule has 0 spiro atoms. The van der Waals surface area contributed by atoms with E-state index in [2.05, 4.69) is 84.4 Å². The monoisotopic (exact) mass is 311 g/mol. The first-order valence-corrected chi connectivity index (χ1v) is 8.18. The molecule has 2 heteroatoms. The third kappa shape index (κ3) is 2.56. The number of benzene rings is 3. The van der Waals surface area contributed by atoms with Crippen molar-refractivity contribution in [3.8, 4) is 0 Å². The van der Waals surface area contributed by atoms with E-state index in [9.17, 15) is 0 Å². The molecular formula is C22H19N2+. The Kier molecular flexibility index (Phi) is 3.80. The third-order valence-electron chi connectivity index (χ3n) is 4.39. The lowest BCUT2D eigenvalue weighted by Crippen LogP contribution is -2.22. The van der Waals surface area contributed by atoms with E-state index in [1.54, 1.807) is 0 Å². The Hall–Kier alpha value is -3.00. The van der Waals surface area contributed by atoms with Crippen LogP contribution >= 0.6 is 0 Å². The fraction of sp³-hybridized carbons (Fsp3) is 0.0909. The Morgan fingerprint density at radius 1 is 0.667 bits per heavy atom. The molecule has 1 atom stereocenters. The van der Waals surface area contributed by atoms with Crippen molar-refractivity contribution in [1.82, 2.24) is 0 Å². The average Bonchev–Trinajstić information content (AvgIpc) is 3.01. The predicted molar refractivity (Wildman–Crippen MR) is 98.9 cm³/mol. The van der Waals surface area contributed by atoms with Crippen LogP contribution in [-0.4, -0.2) is 23.0 Å². The quantitative estimate of drug-likeness (QED) is 0.640. The maximum absolute atomic E-state index is 5.07. The first kappa shape index (κ1) is 14.6. The molecule has 0 N–H and O–H groups in total. The summed E-state index contributed by atoms with van der Waals surface area (Å²) in [5.41, 5.74) is 5.79. The van der Waals surface area contributed by atoms with Crippen LogP contribution in [0, 0.1) is 0 Å². The van der Waals surface area contributed by atoms with Gasteiger partial charge in [0, 0.05) is 16.7 Å². The normalized spacial score (nSPS) is 17.0. The number of rotatable bonds is 3. The van der Waals surface area contributed by atoms with Crippen molar-refractivity contribution < 1.29 is 4.58 Å². The predicted octanol–water partition coefficient (Wildman–Crippen LogP) is 4.32. The number of hydrogen-bond donors (Lipinski definition) is 0. The zero-order valence-electron chi connectivity index (χ0n) is 13.6. The summed E-state index contributed by atoms with van der Waals surface area (Å²) >= 11 is 0. The van der Waals surface area contributed by atoms with Gasteiger partial charge in [0.1, 0.15) is 12.8 Å². The van der Waals surface area contributed by atoms with Crippen LogP contribution in [0.15, 0.2) is 96.0 Å². The van der Waals surface area contributed by atoms with E-state index in [4.69, 9.17) is 4.99 Å². The van der Waals surface area contributed by atoms with Crippen LogP contribution in [0.3, 0.4) is 0 Å². The first-order valence-electron chi connectivity index (χ1n) is 8.18. The van der Waals surface area contributed by atoms with Crippen LogP contribution in [0.25, 0.3) is 0 Å². The summed E-state index contributed by atoms with van der Waals surface area (Å²) in [7, 11) is 2.12. The highest BCUT2D eigenvalue weighted by Crippen LogP contribution is 2.26. The summed E-state index contributed by atoms with van der Waals surface area (Å²) in [4.78, 5) is 5.07. The molecule has 1 aliphatic heterocycles. The highest BCUT2D eigenvalue weighted by Gasteiger charge is 2.35. The summed E-state index contributed by atoms with van der Waals surface area (Å²) in [5, 5.41) is 0. The highest BCUT2D eigenvalue weighted by molar-refractivity contribution is 6.52. The minimum Gasteiger partial charge on any atom is -0.206 e. The zero-order chi connectivity index (χ0) is 16.4. The topological polar surface area (TPSA) is 15.4 Å². The van der Waals surface area contributed by atoms with Crippen molar-refractivity contribution >= 4 is 11.4 Å². The molecule has 2 nitrogen and oxygen atoms in total. The Bertz CT molecular complexity index is 894. The summed E-state index contributed by atoms with van der Waals surface area (Å²) in [5.74, 6) is 0. The molecule has 0 aromatic heterocycles. The first-order chi connectivity index (χ1) is 11.8. The lowest BCUT2D eigenvalue weighted by Gasteiger charge is -2.06. The van der Waals surface area contributed by atoms with Crippen molar-refractivity contribution in [2.45, 2.75) is 6.17 Å². The molecule has 0 fully saturated rings. The van der Waals surface area contributed by atoms with Crippen molar-refractivity contribution in [2.24, 2.45) is 4.99 Å². The molecule has 3 aromatic carbocycles. The van der Waals surface area contributed by atoms with Crippen LogP contribution in [-0.2, 0) is 0 Å². The van der Waals surface area contributed by atoms with Crippen LogP contribution in [0.4, 0.5) is 0 Å². The molecular weight excluding hydrogens is 292 g/mol. The second kappa shape index (κ2) is 6.25. The molecule has 116 valence electrons. The number of aliphatic imine (C=N–C) groups is 1. The van der Waals surface area contributed by atoms with E-state index >= 15 is 0 Å². The van der Waals surface area contributed by atoms with Gasteiger partial charge in [0.05, 0.1) is 0 Å². The smallest absolute Gasteiger partial charge is 0.206 e. The van der Waals surface area contributed by atoms with Gasteiger partial charge in [0.2, 0.25) is 5.71 Å². The molecule has 0 saturated carbocycles. The van der Waals surface area contributed by atoms with E-state index in [-0.39, 0.29) is 6.17 Å². The number of hydrogen-bond acceptors (Lipinski definition) is 1. The van der Waals surface area contributed by atoms with Crippen LogP contribution < -0.4 is 0 Å². The van der Waals surface area contributed by atoms with Crippen molar-refractivity contribution in [3.05, 3.63) is 108 Å². The van der Waals surface area contributed by atoms with Crippen LogP contribution in [0.1, 0.15) is 22.9 Å². The van der Waals surface area contributed by atoms with Crippen molar-refractivity contribution in [1.29, 1.82) is 0 Å². The summed E-state index contributed by atoms with van der Waals surface area (Å²) in [6, 6.07) is 31.4. The maximum Gasteiger partial charge on any atom is 0.273 e. The highest BCUT2D eigenvalue weighted by atomic mass is 15.2. The second-order valence-corrected chi connectivity index (χ2v) is 5.95. The Labute approximate surface area is 142 Å². The van der Waals surface area contributed by atoms with Gasteiger partial charge in [-0.2, -0.15) is 0 Å². The fourth-order valence-electron chi connectivity index (χ4n) is 3.23. The van der Waals surface area contributed by atoms with Gasteiger partial charge in [0.25, 0.3) is 6.17 Å². The molecule has 24 heavy (non-hydrogen) atoms. The van der Waals surface area contributed by atoms with E-state index in [1.807, 2.05) is 18.2 Å². The summed E-state index contributed by atoms with van der Waals surface area (Å²) in [6.07, 6.45) is 0.0108. The van der Waals surface area contributed by atoms with Gasteiger partial charge in [-0.05, 0) is 12.1 Å². The van der Waals surface area contributed by atoms with Gasteiger partial charge in [0.15, 0.2) is 0 Å². The van der Waals surface area contributed by atoms with Gasteiger partial charge < -0.3 is 0 Å². The summed E-state index contributed by atoms with van der Waals surface area (Å²) in [6.45, 7) is 0. The molecule has 0 radical (unpaired) electrons. The molecule has 0 saturated heterocycles. The largest absolute Gasteiger partial charge is 0.273 e. The minimum absolute atomic E-state index is 0.0108. The fourth-order valence-corrected chi connectivity index (χ4v) is 3.23. The lowest BCUT2D eigenvalue weighted by molar-refractivity contribution is -0.536. The van der Waals surface area contributed by atoms with Gasteiger partial charge in [-0.3, -0.25) is 0 Å². The average molecular weight is 311 g/mol. The molecule has 4 rings (SSSR count). The van der Waals surface area contributed by atoms with Crippen molar-refractivity contribution in [3.63, 3.8) is 0 Å². The second-order valence-electron chi connectivity index (χ2n) is 5.95. The Balaban J connectivity index is 1.90. The zero-order valence-corrected chi connectivity index (χ0v) is 13.6. The molecule has 1 heterocycles. The lowest BCUT2D eigenvalue weighted by atomic mass is 10.00. The molecule has 0 amide bonds. The van der Waals surface area contributed by atoms with E-state index in [0.717, 1.165) is 11.3 Å². The standard InChI is InChI=1S/C22H19N2/c1-24-21(18-13-7-3-8-14-18)20(17-11-5-2-6-12-17)23-22(24)19-15-9-4-10-16-19/h2-16,22H,1H3/q+1. The molecule has 0 bridgehead atoms. The summed E-state index contributed by atoms with van der Waals surface area (Å²) < 4.78 is 2.27. The van der Waals surface area contributed by atoms with Gasteiger partial charge in [-0.25, -0.2) is 9.57 Å². The van der Waals surface area contributed by atoms with E-state index in [0.29, 0.717) is 0 Å². The van der Waals surface area contributed by atoms with E-state index in [1.165, 1.54) is 16.8 Å². The molecule has 1 aliphatic rings. The molecule has 3 aromatic rings. The SMILES string of the molecule is C[N+]1=C(c2ccccc2)C(c2ccccc2)=NC1c1ccccc1. The molecule has 1 unspecified atom stereocenters. The van der Waals surface area contributed by atoms with Crippen LogP contribution in [0.5, 0.6) is 0 Å². The Morgan fingerprint density at radius 2 is 1.17 bits per heavy atom. The van der Waals surface area contributed by atoms with Gasteiger partial charge in [-0.1, -0.05) is 78.9 Å². The Morgan fingerprint density at radius 3 is 1.75 bits per heavy atom. The minimum atomic E-state index is 0.0108. The van der Waals surface area contributed by atoms with Crippen molar-refractivity contribution in [2.75, 3.05) is 7.05 Å². The number of nitrogens with zero attached hydrogens (tertiary/aromatic N) is 2. The van der Waals surface area contributed by atoms with E-state index < -0.39 is 0 Å². The maximum atomic E-state index is 5.07. The van der Waals surface area contributed by atoms with Gasteiger partial charge >= 0.3 is 0 Å².